The van der Waals surface area contributed by atoms with Crippen molar-refractivity contribution in [2.45, 2.75) is 0 Å². The normalized spacial score (nSPS) is 9.76. The molecular weight excluding hydrogens is 273 g/mol. The van der Waals surface area contributed by atoms with Gasteiger partial charge in [-0.2, -0.15) is 5.26 Å². The van der Waals surface area contributed by atoms with Gasteiger partial charge in [0.1, 0.15) is 23.3 Å². The molecule has 0 radical (unpaired) electrons. The molecule has 3 N–H and O–H groups in total. The average molecular weight is 285 g/mol. The van der Waals surface area contributed by atoms with Crippen molar-refractivity contribution in [1.82, 2.24) is 0 Å². The van der Waals surface area contributed by atoms with E-state index in [-0.39, 0.29) is 22.5 Å². The number of nitrogens with one attached hydrogen (secondary N) is 1. The van der Waals surface area contributed by atoms with Crippen molar-refractivity contribution in [1.29, 1.82) is 5.26 Å². The number of amides is 1. The number of nitrogens with zero attached hydrogens (tertiary/aromatic N) is 1. The second kappa shape index (κ2) is 5.92. The van der Waals surface area contributed by atoms with E-state index in [2.05, 4.69) is 5.32 Å². The van der Waals surface area contributed by atoms with Crippen LogP contribution in [0.15, 0.2) is 36.4 Å². The van der Waals surface area contributed by atoms with Gasteiger partial charge in [0.05, 0.1) is 18.2 Å². The fourth-order valence-corrected chi connectivity index (χ4v) is 1.84. The molecule has 1 amide bonds. The lowest BCUT2D eigenvalue weighted by Gasteiger charge is -2.12. The third kappa shape index (κ3) is 2.92. The highest BCUT2D eigenvalue weighted by molar-refractivity contribution is 6.08. The average Bonchev–Trinajstić information content (AvgIpc) is 2.47. The molecule has 0 atom stereocenters. The Bertz CT molecular complexity index is 738. The van der Waals surface area contributed by atoms with Gasteiger partial charge in [0.25, 0.3) is 5.91 Å². The van der Waals surface area contributed by atoms with E-state index in [1.54, 1.807) is 18.2 Å². The highest BCUT2D eigenvalue weighted by Gasteiger charge is 2.15. The first-order chi connectivity index (χ1) is 10.1. The van der Waals surface area contributed by atoms with Crippen LogP contribution in [0.4, 0.5) is 15.8 Å². The van der Waals surface area contributed by atoms with Crippen LogP contribution >= 0.6 is 0 Å². The van der Waals surface area contributed by atoms with E-state index >= 15 is 0 Å². The molecule has 0 spiro atoms. The van der Waals surface area contributed by atoms with E-state index in [0.717, 1.165) is 12.1 Å². The minimum atomic E-state index is -0.548. The first kappa shape index (κ1) is 14.3. The molecule has 106 valence electrons. The Kier molecular flexibility index (Phi) is 4.05. The summed E-state index contributed by atoms with van der Waals surface area (Å²) < 4.78 is 18.1. The number of para-hydroxylation sites is 1. The topological polar surface area (TPSA) is 88.1 Å². The maximum Gasteiger partial charge on any atom is 0.257 e. The van der Waals surface area contributed by atoms with Gasteiger partial charge in [0.15, 0.2) is 0 Å². The first-order valence-electron chi connectivity index (χ1n) is 6.00. The van der Waals surface area contributed by atoms with Gasteiger partial charge in [-0.15, -0.1) is 0 Å². The molecule has 0 heterocycles. The summed E-state index contributed by atoms with van der Waals surface area (Å²) in [6, 6.07) is 10.2. The van der Waals surface area contributed by atoms with Crippen molar-refractivity contribution in [3.05, 3.63) is 53.3 Å². The first-order valence-corrected chi connectivity index (χ1v) is 6.00. The Labute approximate surface area is 120 Å². The predicted molar refractivity (Wildman–Crippen MR) is 76.5 cm³/mol. The van der Waals surface area contributed by atoms with Crippen LogP contribution in [-0.2, 0) is 0 Å². The fourth-order valence-electron chi connectivity index (χ4n) is 1.84. The van der Waals surface area contributed by atoms with E-state index in [0.29, 0.717) is 5.75 Å². The van der Waals surface area contributed by atoms with E-state index < -0.39 is 11.7 Å². The SMILES string of the molecule is COc1cccc(C#N)c1NC(=O)c1ccc(F)cc1N. The van der Waals surface area contributed by atoms with Gasteiger partial charge in [-0.05, 0) is 30.3 Å². The molecule has 6 heteroatoms. The summed E-state index contributed by atoms with van der Waals surface area (Å²) in [6.45, 7) is 0. The summed E-state index contributed by atoms with van der Waals surface area (Å²) >= 11 is 0. The van der Waals surface area contributed by atoms with Crippen molar-refractivity contribution in [3.63, 3.8) is 0 Å². The van der Waals surface area contributed by atoms with Crippen LogP contribution in [0.3, 0.4) is 0 Å². The highest BCUT2D eigenvalue weighted by atomic mass is 19.1. The molecule has 0 bridgehead atoms. The molecule has 0 saturated heterocycles. The number of carbonyl (C=O) groups excluding carboxylic acids is 1. The van der Waals surface area contributed by atoms with Crippen molar-refractivity contribution in [2.75, 3.05) is 18.2 Å². The number of anilines is 2. The van der Waals surface area contributed by atoms with Crippen LogP contribution in [0.2, 0.25) is 0 Å². The number of benzene rings is 2. The maximum atomic E-state index is 13.0. The molecule has 0 fully saturated rings. The fraction of sp³-hybridized carbons (Fsp3) is 0.0667. The van der Waals surface area contributed by atoms with Gasteiger partial charge in [-0.1, -0.05) is 6.07 Å². The molecule has 0 aliphatic carbocycles. The molecule has 5 nitrogen and oxygen atoms in total. The zero-order chi connectivity index (χ0) is 15.4. The van der Waals surface area contributed by atoms with Gasteiger partial charge in [-0.25, -0.2) is 4.39 Å². The molecule has 0 saturated carbocycles. The molecule has 0 aliphatic heterocycles. The Morgan fingerprint density at radius 2 is 2.14 bits per heavy atom. The van der Waals surface area contributed by atoms with E-state index in [4.69, 9.17) is 15.7 Å². The van der Waals surface area contributed by atoms with E-state index in [1.807, 2.05) is 6.07 Å². The van der Waals surface area contributed by atoms with E-state index in [9.17, 15) is 9.18 Å². The second-order valence-electron chi connectivity index (χ2n) is 4.18. The number of carbonyl (C=O) groups is 1. The van der Waals surface area contributed by atoms with Crippen LogP contribution in [0.1, 0.15) is 15.9 Å². The molecule has 2 rings (SSSR count). The van der Waals surface area contributed by atoms with Crippen LogP contribution in [-0.4, -0.2) is 13.0 Å². The third-order valence-electron chi connectivity index (χ3n) is 2.86. The Morgan fingerprint density at radius 3 is 2.76 bits per heavy atom. The number of nitrogen functional groups attached to an aromatic ring is 1. The summed E-state index contributed by atoms with van der Waals surface area (Å²) in [4.78, 5) is 12.2. The predicted octanol–water partition coefficient (Wildman–Crippen LogP) is 2.54. The van der Waals surface area contributed by atoms with Crippen molar-refractivity contribution in [3.8, 4) is 11.8 Å². The van der Waals surface area contributed by atoms with Crippen molar-refractivity contribution in [2.24, 2.45) is 0 Å². The molecule has 21 heavy (non-hydrogen) atoms. The van der Waals surface area contributed by atoms with Crippen molar-refractivity contribution >= 4 is 17.3 Å². The van der Waals surface area contributed by atoms with Crippen molar-refractivity contribution < 1.29 is 13.9 Å². The lowest BCUT2D eigenvalue weighted by molar-refractivity contribution is 0.102. The number of hydrogen-bond acceptors (Lipinski definition) is 4. The molecule has 2 aromatic rings. The number of nitriles is 1. The zero-order valence-corrected chi connectivity index (χ0v) is 11.2. The third-order valence-corrected chi connectivity index (χ3v) is 2.86. The molecule has 0 aromatic heterocycles. The van der Waals surface area contributed by atoms with Crippen LogP contribution in [0.25, 0.3) is 0 Å². The Morgan fingerprint density at radius 1 is 1.38 bits per heavy atom. The zero-order valence-electron chi connectivity index (χ0n) is 11.2. The van der Waals surface area contributed by atoms with Gasteiger partial charge < -0.3 is 15.8 Å². The lowest BCUT2D eigenvalue weighted by atomic mass is 10.1. The summed E-state index contributed by atoms with van der Waals surface area (Å²) in [5.41, 5.74) is 6.25. The standard InChI is InChI=1S/C15H12FN3O2/c1-21-13-4-2-3-9(8-17)14(13)19-15(20)11-6-5-10(16)7-12(11)18/h2-7H,18H2,1H3,(H,19,20). The number of hydrogen-bond donors (Lipinski definition) is 2. The summed E-state index contributed by atoms with van der Waals surface area (Å²) in [5, 5.41) is 11.7. The van der Waals surface area contributed by atoms with Crippen LogP contribution in [0, 0.1) is 17.1 Å². The van der Waals surface area contributed by atoms with Gasteiger partial charge in [-0.3, -0.25) is 4.79 Å². The summed E-state index contributed by atoms with van der Waals surface area (Å²) in [6.07, 6.45) is 0. The quantitative estimate of drug-likeness (QED) is 0.848. The number of rotatable bonds is 3. The summed E-state index contributed by atoms with van der Waals surface area (Å²) in [7, 11) is 1.43. The van der Waals surface area contributed by atoms with E-state index in [1.165, 1.54) is 13.2 Å². The smallest absolute Gasteiger partial charge is 0.257 e. The molecule has 0 unspecified atom stereocenters. The van der Waals surface area contributed by atoms with Gasteiger partial charge in [0.2, 0.25) is 0 Å². The number of methoxy groups -OCH3 is 1. The summed E-state index contributed by atoms with van der Waals surface area (Å²) in [5.74, 6) is -0.726. The van der Waals surface area contributed by atoms with Gasteiger partial charge >= 0.3 is 0 Å². The highest BCUT2D eigenvalue weighted by Crippen LogP contribution is 2.28. The molecule has 2 aromatic carbocycles. The van der Waals surface area contributed by atoms with Crippen LogP contribution in [0.5, 0.6) is 5.75 Å². The maximum absolute atomic E-state index is 13.0. The second-order valence-corrected chi connectivity index (χ2v) is 4.18. The number of nitrogens with two attached hydrogens (primary N) is 1. The van der Waals surface area contributed by atoms with Crippen LogP contribution < -0.4 is 15.8 Å². The molecule has 0 aliphatic rings. The Hall–Kier alpha value is -3.07. The minimum absolute atomic E-state index is 0.0147. The number of halogens is 1. The monoisotopic (exact) mass is 285 g/mol. The largest absolute Gasteiger partial charge is 0.495 e. The van der Waals surface area contributed by atoms with Gasteiger partial charge in [0, 0.05) is 5.69 Å². The number of ether oxygens (including phenoxy) is 1. The Balaban J connectivity index is 2.38. The lowest BCUT2D eigenvalue weighted by Crippen LogP contribution is -2.15. The minimum Gasteiger partial charge on any atom is -0.495 e. The molecular formula is C15H12FN3O2.